The standard InChI is InChI=1S/C6H3ClINO2/c7-4-2-1-3-5(6(4)8)9(10)11/h1-3H. The molecule has 3 nitrogen and oxygen atoms in total. The summed E-state index contributed by atoms with van der Waals surface area (Å²) >= 11 is 7.49. The van der Waals surface area contributed by atoms with E-state index in [1.54, 1.807) is 12.1 Å². The minimum Gasteiger partial charge on any atom is -0.258 e. The molecular weight excluding hydrogens is 280 g/mol. The molecule has 1 rings (SSSR count). The first-order chi connectivity index (χ1) is 5.13. The lowest BCUT2D eigenvalue weighted by Gasteiger charge is -1.95. The Balaban J connectivity index is 3.27. The zero-order chi connectivity index (χ0) is 8.43. The third-order valence-electron chi connectivity index (χ3n) is 1.13. The zero-order valence-electron chi connectivity index (χ0n) is 5.25. The van der Waals surface area contributed by atoms with Gasteiger partial charge in [0.25, 0.3) is 5.69 Å². The molecule has 0 radical (unpaired) electrons. The normalized spacial score (nSPS) is 9.64. The van der Waals surface area contributed by atoms with Gasteiger partial charge in [-0.2, -0.15) is 0 Å². The maximum absolute atomic E-state index is 10.3. The lowest BCUT2D eigenvalue weighted by Crippen LogP contribution is -1.90. The van der Waals surface area contributed by atoms with Gasteiger partial charge in [-0.05, 0) is 28.7 Å². The summed E-state index contributed by atoms with van der Waals surface area (Å²) in [5.74, 6) is 0. The third-order valence-corrected chi connectivity index (χ3v) is 2.90. The van der Waals surface area contributed by atoms with E-state index < -0.39 is 4.92 Å². The molecule has 1 aromatic rings. The van der Waals surface area contributed by atoms with E-state index in [9.17, 15) is 10.1 Å². The molecule has 0 aliphatic heterocycles. The van der Waals surface area contributed by atoms with Gasteiger partial charge in [0.15, 0.2) is 0 Å². The minimum atomic E-state index is -0.451. The summed E-state index contributed by atoms with van der Waals surface area (Å²) in [5.41, 5.74) is 0.0538. The fraction of sp³-hybridized carbons (Fsp3) is 0. The average Bonchev–Trinajstić information content (AvgIpc) is 1.94. The molecule has 0 saturated carbocycles. The van der Waals surface area contributed by atoms with Gasteiger partial charge in [0.05, 0.1) is 9.95 Å². The molecule has 1 aromatic carbocycles. The maximum Gasteiger partial charge on any atom is 0.284 e. The van der Waals surface area contributed by atoms with Gasteiger partial charge in [0.1, 0.15) is 3.57 Å². The van der Waals surface area contributed by atoms with Crippen LogP contribution in [0.1, 0.15) is 0 Å². The highest BCUT2D eigenvalue weighted by atomic mass is 127. The summed E-state index contributed by atoms with van der Waals surface area (Å²) in [5, 5.41) is 10.7. The summed E-state index contributed by atoms with van der Waals surface area (Å²) in [7, 11) is 0. The molecule has 11 heavy (non-hydrogen) atoms. The molecule has 58 valence electrons. The molecule has 0 heterocycles. The second-order valence-electron chi connectivity index (χ2n) is 1.83. The summed E-state index contributed by atoms with van der Waals surface area (Å²) in [6.45, 7) is 0. The monoisotopic (exact) mass is 283 g/mol. The van der Waals surface area contributed by atoms with E-state index in [0.717, 1.165) is 0 Å². The first-order valence-electron chi connectivity index (χ1n) is 2.71. The van der Waals surface area contributed by atoms with E-state index in [4.69, 9.17) is 11.6 Å². The van der Waals surface area contributed by atoms with Crippen molar-refractivity contribution in [3.63, 3.8) is 0 Å². The smallest absolute Gasteiger partial charge is 0.258 e. The Morgan fingerprint density at radius 1 is 1.55 bits per heavy atom. The highest BCUT2D eigenvalue weighted by molar-refractivity contribution is 14.1. The van der Waals surface area contributed by atoms with Crippen LogP contribution in [0, 0.1) is 13.7 Å². The van der Waals surface area contributed by atoms with Crippen molar-refractivity contribution in [3.8, 4) is 0 Å². The predicted molar refractivity (Wildman–Crippen MR) is 50.8 cm³/mol. The molecule has 0 bridgehead atoms. The number of nitrogens with zero attached hydrogens (tertiary/aromatic N) is 1. The summed E-state index contributed by atoms with van der Waals surface area (Å²) < 4.78 is 0.483. The van der Waals surface area contributed by atoms with E-state index in [1.165, 1.54) is 6.07 Å². The predicted octanol–water partition coefficient (Wildman–Crippen LogP) is 2.85. The summed E-state index contributed by atoms with van der Waals surface area (Å²) in [6, 6.07) is 4.60. The minimum absolute atomic E-state index is 0.0538. The zero-order valence-corrected chi connectivity index (χ0v) is 8.17. The molecule has 0 atom stereocenters. The number of hydrogen-bond donors (Lipinski definition) is 0. The Morgan fingerprint density at radius 3 is 2.64 bits per heavy atom. The Morgan fingerprint density at radius 2 is 2.18 bits per heavy atom. The van der Waals surface area contributed by atoms with Crippen LogP contribution in [0.15, 0.2) is 18.2 Å². The van der Waals surface area contributed by atoms with Crippen LogP contribution in [0.4, 0.5) is 5.69 Å². The fourth-order valence-corrected chi connectivity index (χ4v) is 1.36. The fourth-order valence-electron chi connectivity index (χ4n) is 0.633. The van der Waals surface area contributed by atoms with E-state index in [0.29, 0.717) is 8.59 Å². The first kappa shape index (κ1) is 8.73. The van der Waals surface area contributed by atoms with Gasteiger partial charge in [-0.25, -0.2) is 0 Å². The largest absolute Gasteiger partial charge is 0.284 e. The number of nitro benzene ring substituents is 1. The van der Waals surface area contributed by atoms with Crippen LogP contribution >= 0.6 is 34.2 Å². The highest BCUT2D eigenvalue weighted by Gasteiger charge is 2.12. The van der Waals surface area contributed by atoms with Crippen LogP contribution in [-0.4, -0.2) is 4.92 Å². The topological polar surface area (TPSA) is 43.1 Å². The van der Waals surface area contributed by atoms with Crippen LogP contribution in [0.25, 0.3) is 0 Å². The van der Waals surface area contributed by atoms with E-state index in [-0.39, 0.29) is 5.69 Å². The number of rotatable bonds is 1. The van der Waals surface area contributed by atoms with Crippen LogP contribution in [-0.2, 0) is 0 Å². The van der Waals surface area contributed by atoms with Gasteiger partial charge in [0, 0.05) is 6.07 Å². The second kappa shape index (κ2) is 3.36. The number of halogens is 2. The first-order valence-corrected chi connectivity index (χ1v) is 4.17. The lowest BCUT2D eigenvalue weighted by atomic mass is 10.3. The van der Waals surface area contributed by atoms with Crippen LogP contribution in [0.5, 0.6) is 0 Å². The molecule has 0 aliphatic rings. The van der Waals surface area contributed by atoms with Crippen molar-refractivity contribution in [2.24, 2.45) is 0 Å². The Kier molecular flexibility index (Phi) is 2.67. The Labute approximate surface area is 81.6 Å². The average molecular weight is 283 g/mol. The van der Waals surface area contributed by atoms with E-state index in [1.807, 2.05) is 22.6 Å². The molecule has 0 fully saturated rings. The molecule has 0 N–H and O–H groups in total. The van der Waals surface area contributed by atoms with Gasteiger partial charge in [-0.1, -0.05) is 17.7 Å². The van der Waals surface area contributed by atoms with Crippen molar-refractivity contribution in [1.82, 2.24) is 0 Å². The SMILES string of the molecule is O=[N+]([O-])c1cccc(Cl)c1I. The molecule has 5 heteroatoms. The quantitative estimate of drug-likeness (QED) is 0.452. The van der Waals surface area contributed by atoms with Gasteiger partial charge in [0.2, 0.25) is 0 Å². The number of benzene rings is 1. The maximum atomic E-state index is 10.3. The number of hydrogen-bond acceptors (Lipinski definition) is 2. The number of nitro groups is 1. The van der Waals surface area contributed by atoms with Crippen molar-refractivity contribution < 1.29 is 4.92 Å². The van der Waals surface area contributed by atoms with Crippen LogP contribution in [0.3, 0.4) is 0 Å². The highest BCUT2D eigenvalue weighted by Crippen LogP contribution is 2.27. The van der Waals surface area contributed by atoms with Crippen LogP contribution in [0.2, 0.25) is 5.02 Å². The van der Waals surface area contributed by atoms with Crippen molar-refractivity contribution >= 4 is 39.9 Å². The Bertz CT molecular complexity index is 303. The lowest BCUT2D eigenvalue weighted by molar-refractivity contribution is -0.385. The van der Waals surface area contributed by atoms with Crippen LogP contribution < -0.4 is 0 Å². The van der Waals surface area contributed by atoms with Crippen molar-refractivity contribution in [2.75, 3.05) is 0 Å². The summed E-state index contributed by atoms with van der Waals surface area (Å²) in [4.78, 5) is 9.87. The van der Waals surface area contributed by atoms with Crippen molar-refractivity contribution in [2.45, 2.75) is 0 Å². The molecule has 0 aromatic heterocycles. The molecular formula is C6H3ClINO2. The Hall–Kier alpha value is -0.360. The molecule has 0 unspecified atom stereocenters. The van der Waals surface area contributed by atoms with Gasteiger partial charge in [-0.15, -0.1) is 0 Å². The van der Waals surface area contributed by atoms with Crippen molar-refractivity contribution in [3.05, 3.63) is 36.9 Å². The van der Waals surface area contributed by atoms with Crippen molar-refractivity contribution in [1.29, 1.82) is 0 Å². The molecule has 0 aliphatic carbocycles. The van der Waals surface area contributed by atoms with Gasteiger partial charge >= 0.3 is 0 Å². The molecule has 0 saturated heterocycles. The molecule has 0 amide bonds. The summed E-state index contributed by atoms with van der Waals surface area (Å²) in [6.07, 6.45) is 0. The van der Waals surface area contributed by atoms with E-state index in [2.05, 4.69) is 0 Å². The van der Waals surface area contributed by atoms with Gasteiger partial charge in [-0.3, -0.25) is 10.1 Å². The third kappa shape index (κ3) is 1.81. The van der Waals surface area contributed by atoms with E-state index >= 15 is 0 Å². The second-order valence-corrected chi connectivity index (χ2v) is 3.32. The molecule has 0 spiro atoms. The van der Waals surface area contributed by atoms with Gasteiger partial charge < -0.3 is 0 Å².